The number of carbonyl (C=O) groups excluding carboxylic acids is 1. The predicted octanol–water partition coefficient (Wildman–Crippen LogP) is 4.50. The number of primary amides is 1. The molecule has 0 spiro atoms. The highest BCUT2D eigenvalue weighted by molar-refractivity contribution is 5.83. The number of aryl methyl sites for hydroxylation is 1. The van der Waals surface area contributed by atoms with Gasteiger partial charge >= 0.3 is 0 Å². The summed E-state index contributed by atoms with van der Waals surface area (Å²) in [5.74, 6) is 2.21. The lowest BCUT2D eigenvalue weighted by atomic mass is 9.85. The highest BCUT2D eigenvalue weighted by Gasteiger charge is 2.52. The summed E-state index contributed by atoms with van der Waals surface area (Å²) in [6.45, 7) is 6.06. The van der Waals surface area contributed by atoms with Gasteiger partial charge in [0, 0.05) is 6.07 Å². The Kier molecular flexibility index (Phi) is 5.68. The quantitative estimate of drug-likeness (QED) is 0.707. The number of aromatic nitrogens is 1. The standard InChI is InChI=1S/C22H28N2O3/c1-15(2)26-20-11-10-19(14-24-20)27-18-8-6-17(7-9-18)5-4-16(3)22(12-13-22)21(23)25/h6-11,14-16H,4-5,12-13H2,1-3H3,(H2,23,25)/t16-/m0/s1. The average molecular weight is 368 g/mol. The maximum Gasteiger partial charge on any atom is 0.223 e. The van der Waals surface area contributed by atoms with Crippen LogP contribution in [0.3, 0.4) is 0 Å². The highest BCUT2D eigenvalue weighted by Crippen LogP contribution is 2.53. The molecule has 0 radical (unpaired) electrons. The fourth-order valence-corrected chi connectivity index (χ4v) is 3.37. The van der Waals surface area contributed by atoms with E-state index in [4.69, 9.17) is 15.2 Å². The molecular formula is C22H28N2O3. The molecule has 2 aromatic rings. The van der Waals surface area contributed by atoms with E-state index >= 15 is 0 Å². The SMILES string of the molecule is CC(C)Oc1ccc(Oc2ccc(CC[C@H](C)C3(C(N)=O)CC3)cc2)cn1. The second-order valence-electron chi connectivity index (χ2n) is 7.70. The van der Waals surface area contributed by atoms with E-state index < -0.39 is 0 Å². The minimum Gasteiger partial charge on any atom is -0.475 e. The molecule has 2 N–H and O–H groups in total. The van der Waals surface area contributed by atoms with Crippen molar-refractivity contribution < 1.29 is 14.3 Å². The van der Waals surface area contributed by atoms with Gasteiger partial charge in [-0.3, -0.25) is 4.79 Å². The Morgan fingerprint density at radius 2 is 1.78 bits per heavy atom. The zero-order chi connectivity index (χ0) is 19.4. The summed E-state index contributed by atoms with van der Waals surface area (Å²) in [6, 6.07) is 11.7. The van der Waals surface area contributed by atoms with E-state index in [1.54, 1.807) is 12.3 Å². The Morgan fingerprint density at radius 3 is 2.30 bits per heavy atom. The molecule has 1 aliphatic carbocycles. The number of hydrogen-bond donors (Lipinski definition) is 1. The molecule has 0 bridgehead atoms. The van der Waals surface area contributed by atoms with Gasteiger partial charge in [0.2, 0.25) is 11.8 Å². The summed E-state index contributed by atoms with van der Waals surface area (Å²) in [7, 11) is 0. The van der Waals surface area contributed by atoms with E-state index in [-0.39, 0.29) is 17.4 Å². The van der Waals surface area contributed by atoms with Gasteiger partial charge in [0.15, 0.2) is 0 Å². The second-order valence-corrected chi connectivity index (χ2v) is 7.70. The van der Waals surface area contributed by atoms with Crippen LogP contribution in [0, 0.1) is 11.3 Å². The molecule has 1 aromatic carbocycles. The van der Waals surface area contributed by atoms with E-state index in [0.29, 0.717) is 17.5 Å². The number of ether oxygens (including phenoxy) is 2. The first-order valence-corrected chi connectivity index (χ1v) is 9.58. The Hall–Kier alpha value is -2.56. The average Bonchev–Trinajstić information content (AvgIpc) is 3.44. The molecule has 0 unspecified atom stereocenters. The van der Waals surface area contributed by atoms with Crippen molar-refractivity contribution in [3.05, 3.63) is 48.2 Å². The molecule has 1 aromatic heterocycles. The lowest BCUT2D eigenvalue weighted by Gasteiger charge is -2.20. The predicted molar refractivity (Wildman–Crippen MR) is 105 cm³/mol. The molecular weight excluding hydrogens is 340 g/mol. The molecule has 3 rings (SSSR count). The number of nitrogens with two attached hydrogens (primary N) is 1. The van der Waals surface area contributed by atoms with Gasteiger partial charge in [0.05, 0.1) is 17.7 Å². The zero-order valence-electron chi connectivity index (χ0n) is 16.3. The van der Waals surface area contributed by atoms with Crippen molar-refractivity contribution in [1.82, 2.24) is 4.98 Å². The van der Waals surface area contributed by atoms with Crippen LogP contribution in [0.5, 0.6) is 17.4 Å². The van der Waals surface area contributed by atoms with Gasteiger partial charge in [-0.2, -0.15) is 0 Å². The van der Waals surface area contributed by atoms with Crippen LogP contribution in [0.2, 0.25) is 0 Å². The molecule has 144 valence electrons. The summed E-state index contributed by atoms with van der Waals surface area (Å²) in [5, 5.41) is 0. The Balaban J connectivity index is 1.52. The summed E-state index contributed by atoms with van der Waals surface area (Å²) < 4.78 is 11.4. The van der Waals surface area contributed by atoms with Crippen LogP contribution in [-0.4, -0.2) is 17.0 Å². The van der Waals surface area contributed by atoms with Crippen LogP contribution in [0.4, 0.5) is 0 Å². The van der Waals surface area contributed by atoms with Gasteiger partial charge in [-0.1, -0.05) is 19.1 Å². The molecule has 5 nitrogen and oxygen atoms in total. The summed E-state index contributed by atoms with van der Waals surface area (Å²) in [4.78, 5) is 15.9. The monoisotopic (exact) mass is 368 g/mol. The van der Waals surface area contributed by atoms with Gasteiger partial charge in [-0.05, 0) is 69.2 Å². The maximum absolute atomic E-state index is 11.6. The second kappa shape index (κ2) is 7.99. The summed E-state index contributed by atoms with van der Waals surface area (Å²) >= 11 is 0. The molecule has 1 aliphatic rings. The minimum absolute atomic E-state index is 0.0947. The zero-order valence-corrected chi connectivity index (χ0v) is 16.3. The Labute approximate surface area is 160 Å². The number of rotatable bonds is 9. The number of carbonyl (C=O) groups is 1. The van der Waals surface area contributed by atoms with Crippen LogP contribution < -0.4 is 15.2 Å². The molecule has 1 fully saturated rings. The van der Waals surface area contributed by atoms with Crippen molar-refractivity contribution >= 4 is 5.91 Å². The number of pyridine rings is 1. The van der Waals surface area contributed by atoms with Crippen molar-refractivity contribution in [3.63, 3.8) is 0 Å². The van der Waals surface area contributed by atoms with Crippen LogP contribution in [0.15, 0.2) is 42.6 Å². The van der Waals surface area contributed by atoms with Gasteiger partial charge in [0.25, 0.3) is 0 Å². The van der Waals surface area contributed by atoms with Gasteiger partial charge in [0.1, 0.15) is 11.5 Å². The third-order valence-electron chi connectivity index (χ3n) is 5.31. The van der Waals surface area contributed by atoms with E-state index in [0.717, 1.165) is 31.4 Å². The van der Waals surface area contributed by atoms with Gasteiger partial charge < -0.3 is 15.2 Å². The molecule has 5 heteroatoms. The minimum atomic E-state index is -0.249. The summed E-state index contributed by atoms with van der Waals surface area (Å²) in [6.07, 6.45) is 5.52. The maximum atomic E-state index is 11.6. The molecule has 0 aliphatic heterocycles. The Morgan fingerprint density at radius 1 is 1.11 bits per heavy atom. The van der Waals surface area contributed by atoms with Crippen LogP contribution in [0.1, 0.15) is 45.6 Å². The van der Waals surface area contributed by atoms with Gasteiger partial charge in [-0.15, -0.1) is 0 Å². The topological polar surface area (TPSA) is 74.4 Å². The van der Waals surface area contributed by atoms with Crippen molar-refractivity contribution in [2.45, 2.75) is 52.6 Å². The molecule has 0 saturated heterocycles. The first-order valence-electron chi connectivity index (χ1n) is 9.58. The smallest absolute Gasteiger partial charge is 0.223 e. The van der Waals surface area contributed by atoms with E-state index in [2.05, 4.69) is 24.0 Å². The highest BCUT2D eigenvalue weighted by atomic mass is 16.5. The first kappa shape index (κ1) is 19.2. The molecule has 1 saturated carbocycles. The van der Waals surface area contributed by atoms with E-state index in [9.17, 15) is 4.79 Å². The molecule has 1 atom stereocenters. The Bertz CT molecular complexity index is 765. The normalized spacial score (nSPS) is 16.0. The number of hydrogen-bond acceptors (Lipinski definition) is 4. The molecule has 1 amide bonds. The number of amides is 1. The van der Waals surface area contributed by atoms with Crippen LogP contribution >= 0.6 is 0 Å². The number of nitrogens with zero attached hydrogens (tertiary/aromatic N) is 1. The third kappa shape index (κ3) is 4.79. The van der Waals surface area contributed by atoms with E-state index in [1.807, 2.05) is 32.0 Å². The first-order chi connectivity index (χ1) is 12.9. The largest absolute Gasteiger partial charge is 0.475 e. The number of benzene rings is 1. The lowest BCUT2D eigenvalue weighted by molar-refractivity contribution is -0.124. The van der Waals surface area contributed by atoms with Crippen molar-refractivity contribution in [2.75, 3.05) is 0 Å². The van der Waals surface area contributed by atoms with E-state index in [1.165, 1.54) is 5.56 Å². The molecule has 1 heterocycles. The molecule has 27 heavy (non-hydrogen) atoms. The summed E-state index contributed by atoms with van der Waals surface area (Å²) in [5.41, 5.74) is 6.54. The lowest BCUT2D eigenvalue weighted by Crippen LogP contribution is -2.30. The van der Waals surface area contributed by atoms with Crippen LogP contribution in [-0.2, 0) is 11.2 Å². The van der Waals surface area contributed by atoms with Crippen molar-refractivity contribution in [2.24, 2.45) is 17.1 Å². The van der Waals surface area contributed by atoms with Crippen molar-refractivity contribution in [3.8, 4) is 17.4 Å². The van der Waals surface area contributed by atoms with Gasteiger partial charge in [-0.25, -0.2) is 4.98 Å². The fraction of sp³-hybridized carbons (Fsp3) is 0.455. The van der Waals surface area contributed by atoms with Crippen LogP contribution in [0.25, 0.3) is 0 Å². The van der Waals surface area contributed by atoms with Crippen molar-refractivity contribution in [1.29, 1.82) is 0 Å². The fourth-order valence-electron chi connectivity index (χ4n) is 3.37. The third-order valence-corrected chi connectivity index (χ3v) is 5.31.